The second-order valence-electron chi connectivity index (χ2n) is 3.34. The SMILES string of the molecule is COc1cn2c(C(=O)O)c(C)nc2c(OC)n1. The number of carboxylic acids is 1. The van der Waals surface area contributed by atoms with E-state index >= 15 is 0 Å². The molecule has 1 N–H and O–H groups in total. The van der Waals surface area contributed by atoms with Crippen molar-refractivity contribution in [3.05, 3.63) is 17.6 Å². The van der Waals surface area contributed by atoms with Crippen molar-refractivity contribution in [1.82, 2.24) is 14.4 Å². The van der Waals surface area contributed by atoms with E-state index in [1.807, 2.05) is 0 Å². The Kier molecular flexibility index (Phi) is 2.58. The molecule has 0 saturated heterocycles. The van der Waals surface area contributed by atoms with Crippen LogP contribution in [0.4, 0.5) is 0 Å². The van der Waals surface area contributed by atoms with Crippen molar-refractivity contribution in [2.75, 3.05) is 14.2 Å². The zero-order chi connectivity index (χ0) is 12.6. The van der Waals surface area contributed by atoms with Crippen LogP contribution < -0.4 is 9.47 Å². The van der Waals surface area contributed by atoms with Crippen molar-refractivity contribution in [2.45, 2.75) is 6.92 Å². The summed E-state index contributed by atoms with van der Waals surface area (Å²) in [5.41, 5.74) is 0.813. The average molecular weight is 237 g/mol. The Morgan fingerprint density at radius 2 is 2.06 bits per heavy atom. The highest BCUT2D eigenvalue weighted by Gasteiger charge is 2.19. The predicted octanol–water partition coefficient (Wildman–Crippen LogP) is 0.753. The molecule has 0 aliphatic rings. The molecule has 0 aliphatic carbocycles. The van der Waals surface area contributed by atoms with Gasteiger partial charge in [-0.15, -0.1) is 0 Å². The van der Waals surface area contributed by atoms with Crippen molar-refractivity contribution in [3.8, 4) is 11.8 Å². The molecule has 0 saturated carbocycles. The molecule has 0 amide bonds. The second kappa shape index (κ2) is 3.93. The minimum Gasteiger partial charge on any atom is -0.480 e. The molecule has 0 aromatic carbocycles. The highest BCUT2D eigenvalue weighted by Crippen LogP contribution is 2.23. The Hall–Kier alpha value is -2.31. The van der Waals surface area contributed by atoms with Gasteiger partial charge in [-0.25, -0.2) is 9.78 Å². The molecule has 0 bridgehead atoms. The lowest BCUT2D eigenvalue weighted by Gasteiger charge is -2.05. The fourth-order valence-electron chi connectivity index (χ4n) is 1.60. The molecule has 0 fully saturated rings. The predicted molar refractivity (Wildman–Crippen MR) is 57.8 cm³/mol. The van der Waals surface area contributed by atoms with Gasteiger partial charge in [-0.3, -0.25) is 4.40 Å². The fourth-order valence-corrected chi connectivity index (χ4v) is 1.60. The quantitative estimate of drug-likeness (QED) is 0.847. The van der Waals surface area contributed by atoms with Crippen molar-refractivity contribution < 1.29 is 19.4 Å². The monoisotopic (exact) mass is 237 g/mol. The first-order chi connectivity index (χ1) is 8.08. The summed E-state index contributed by atoms with van der Waals surface area (Å²) in [6.07, 6.45) is 1.46. The molecule has 0 unspecified atom stereocenters. The maximum Gasteiger partial charge on any atom is 0.354 e. The van der Waals surface area contributed by atoms with Crippen LogP contribution in [0.25, 0.3) is 5.65 Å². The number of aromatic nitrogens is 3. The zero-order valence-corrected chi connectivity index (χ0v) is 9.59. The average Bonchev–Trinajstić information content (AvgIpc) is 2.63. The van der Waals surface area contributed by atoms with Gasteiger partial charge < -0.3 is 14.6 Å². The molecule has 0 aliphatic heterocycles. The third-order valence-corrected chi connectivity index (χ3v) is 2.33. The largest absolute Gasteiger partial charge is 0.480 e. The van der Waals surface area contributed by atoms with E-state index in [1.54, 1.807) is 6.92 Å². The summed E-state index contributed by atoms with van der Waals surface area (Å²) < 4.78 is 11.4. The van der Waals surface area contributed by atoms with Crippen LogP contribution in [0.3, 0.4) is 0 Å². The minimum atomic E-state index is -1.06. The number of fused-ring (bicyclic) bond motifs is 1. The van der Waals surface area contributed by atoms with Crippen LogP contribution in [-0.4, -0.2) is 39.7 Å². The maximum absolute atomic E-state index is 11.1. The Balaban J connectivity index is 2.85. The summed E-state index contributed by atoms with van der Waals surface area (Å²) >= 11 is 0. The van der Waals surface area contributed by atoms with E-state index in [0.717, 1.165) is 0 Å². The van der Waals surface area contributed by atoms with Crippen molar-refractivity contribution in [2.24, 2.45) is 0 Å². The molecular formula is C10H11N3O4. The Labute approximate surface area is 96.6 Å². The molecule has 7 nitrogen and oxygen atoms in total. The van der Waals surface area contributed by atoms with E-state index < -0.39 is 5.97 Å². The number of carboxylic acid groups (broad SMARTS) is 1. The molecule has 2 aromatic rings. The number of nitrogens with zero attached hydrogens (tertiary/aromatic N) is 3. The van der Waals surface area contributed by atoms with Crippen LogP contribution in [-0.2, 0) is 0 Å². The van der Waals surface area contributed by atoms with Gasteiger partial charge >= 0.3 is 5.97 Å². The van der Waals surface area contributed by atoms with E-state index in [2.05, 4.69) is 9.97 Å². The van der Waals surface area contributed by atoms with Gasteiger partial charge in [0.1, 0.15) is 0 Å². The van der Waals surface area contributed by atoms with Gasteiger partial charge in [0.05, 0.1) is 26.1 Å². The van der Waals surface area contributed by atoms with Gasteiger partial charge in [-0.1, -0.05) is 0 Å². The number of rotatable bonds is 3. The molecular weight excluding hydrogens is 226 g/mol. The first-order valence-corrected chi connectivity index (χ1v) is 4.79. The number of ether oxygens (including phenoxy) is 2. The summed E-state index contributed by atoms with van der Waals surface area (Å²) in [5, 5.41) is 9.12. The summed E-state index contributed by atoms with van der Waals surface area (Å²) in [6.45, 7) is 1.61. The highest BCUT2D eigenvalue weighted by molar-refractivity contribution is 5.88. The second-order valence-corrected chi connectivity index (χ2v) is 3.34. The third-order valence-electron chi connectivity index (χ3n) is 2.33. The van der Waals surface area contributed by atoms with E-state index in [9.17, 15) is 4.79 Å². The van der Waals surface area contributed by atoms with E-state index in [-0.39, 0.29) is 17.5 Å². The lowest BCUT2D eigenvalue weighted by atomic mass is 10.3. The number of hydrogen-bond donors (Lipinski definition) is 1. The maximum atomic E-state index is 11.1. The molecule has 2 rings (SSSR count). The topological polar surface area (TPSA) is 86.0 Å². The van der Waals surface area contributed by atoms with Gasteiger partial charge in [0.2, 0.25) is 11.5 Å². The van der Waals surface area contributed by atoms with Crippen molar-refractivity contribution >= 4 is 11.6 Å². The molecule has 17 heavy (non-hydrogen) atoms. The molecule has 2 heterocycles. The van der Waals surface area contributed by atoms with Gasteiger partial charge in [0.25, 0.3) is 5.88 Å². The molecule has 2 aromatic heterocycles. The lowest BCUT2D eigenvalue weighted by Crippen LogP contribution is -2.05. The lowest BCUT2D eigenvalue weighted by molar-refractivity contribution is 0.0688. The highest BCUT2D eigenvalue weighted by atomic mass is 16.5. The van der Waals surface area contributed by atoms with Gasteiger partial charge in [0, 0.05) is 0 Å². The van der Waals surface area contributed by atoms with Crippen LogP contribution >= 0.6 is 0 Å². The van der Waals surface area contributed by atoms with Gasteiger partial charge in [0.15, 0.2) is 5.69 Å². The number of methoxy groups -OCH3 is 2. The Morgan fingerprint density at radius 3 is 2.59 bits per heavy atom. The number of hydrogen-bond acceptors (Lipinski definition) is 5. The van der Waals surface area contributed by atoms with E-state index in [4.69, 9.17) is 14.6 Å². The Bertz CT molecular complexity index is 591. The Morgan fingerprint density at radius 1 is 1.35 bits per heavy atom. The number of aryl methyl sites for hydroxylation is 1. The molecule has 0 atom stereocenters. The summed E-state index contributed by atoms with van der Waals surface area (Å²) in [5.74, 6) is -0.584. The van der Waals surface area contributed by atoms with Crippen LogP contribution in [0.5, 0.6) is 11.8 Å². The summed E-state index contributed by atoms with van der Waals surface area (Å²) in [6, 6.07) is 0. The molecule has 7 heteroatoms. The zero-order valence-electron chi connectivity index (χ0n) is 9.59. The van der Waals surface area contributed by atoms with E-state index in [1.165, 1.54) is 24.8 Å². The normalized spacial score (nSPS) is 10.5. The first-order valence-electron chi connectivity index (χ1n) is 4.79. The molecule has 0 spiro atoms. The minimum absolute atomic E-state index is 0.0685. The van der Waals surface area contributed by atoms with E-state index in [0.29, 0.717) is 11.3 Å². The standard InChI is InChI=1S/C10H11N3O4/c1-5-7(10(14)15)13-4-6(16-2)12-9(17-3)8(13)11-5/h4H,1-3H3,(H,14,15). The van der Waals surface area contributed by atoms with Gasteiger partial charge in [-0.05, 0) is 6.92 Å². The van der Waals surface area contributed by atoms with Gasteiger partial charge in [-0.2, -0.15) is 4.98 Å². The molecule has 0 radical (unpaired) electrons. The number of carbonyl (C=O) groups is 1. The number of aromatic carboxylic acids is 1. The fraction of sp³-hybridized carbons (Fsp3) is 0.300. The van der Waals surface area contributed by atoms with Crippen LogP contribution in [0.1, 0.15) is 16.2 Å². The third kappa shape index (κ3) is 1.65. The molecule has 90 valence electrons. The smallest absolute Gasteiger partial charge is 0.354 e. The first kappa shape index (κ1) is 11.2. The van der Waals surface area contributed by atoms with Crippen LogP contribution in [0.15, 0.2) is 6.20 Å². The van der Waals surface area contributed by atoms with Crippen LogP contribution in [0.2, 0.25) is 0 Å². The number of imidazole rings is 1. The van der Waals surface area contributed by atoms with Crippen LogP contribution in [0, 0.1) is 6.92 Å². The van der Waals surface area contributed by atoms with Crippen molar-refractivity contribution in [3.63, 3.8) is 0 Å². The summed E-state index contributed by atoms with van der Waals surface area (Å²) in [4.78, 5) is 19.3. The van der Waals surface area contributed by atoms with Crippen molar-refractivity contribution in [1.29, 1.82) is 0 Å². The summed E-state index contributed by atoms with van der Waals surface area (Å²) in [7, 11) is 2.88.